The Morgan fingerprint density at radius 3 is 2.53 bits per heavy atom. The molecule has 0 atom stereocenters. The van der Waals surface area contributed by atoms with Gasteiger partial charge >= 0.3 is 5.97 Å². The second-order valence-electron chi connectivity index (χ2n) is 3.86. The first-order valence-electron chi connectivity index (χ1n) is 5.51. The standard InChI is InChI=1S/C14H13FNO2.BrH/c1-18-14(17)12-7-8-16(10-13(12)15)9-11-5-3-2-4-6-11;/h2-8,10H,9H2,1H3;1H/q+1;/p-1. The molecule has 0 radical (unpaired) electrons. The number of aromatic nitrogens is 1. The molecule has 1 aromatic carbocycles. The van der Waals surface area contributed by atoms with Gasteiger partial charge in [-0.1, -0.05) is 30.3 Å². The minimum absolute atomic E-state index is 0. The van der Waals surface area contributed by atoms with E-state index in [0.29, 0.717) is 6.54 Å². The Bertz CT molecular complexity index is 561. The van der Waals surface area contributed by atoms with Crippen LogP contribution in [-0.4, -0.2) is 13.1 Å². The number of benzene rings is 1. The van der Waals surface area contributed by atoms with E-state index in [1.54, 1.807) is 10.8 Å². The fourth-order valence-electron chi connectivity index (χ4n) is 1.68. The number of nitrogens with zero attached hydrogens (tertiary/aromatic N) is 1. The molecule has 2 aromatic rings. The fraction of sp³-hybridized carbons (Fsp3) is 0.143. The number of carbonyl (C=O) groups is 1. The molecule has 0 saturated carbocycles. The van der Waals surface area contributed by atoms with Gasteiger partial charge < -0.3 is 21.7 Å². The first-order chi connectivity index (χ1) is 8.70. The van der Waals surface area contributed by atoms with E-state index in [0.717, 1.165) is 5.56 Å². The van der Waals surface area contributed by atoms with Crippen molar-refractivity contribution in [1.29, 1.82) is 0 Å². The maximum absolute atomic E-state index is 13.7. The van der Waals surface area contributed by atoms with E-state index >= 15 is 0 Å². The molecule has 0 aliphatic heterocycles. The lowest BCUT2D eigenvalue weighted by Gasteiger charge is -2.01. The van der Waals surface area contributed by atoms with Crippen molar-refractivity contribution in [3.05, 3.63) is 65.7 Å². The van der Waals surface area contributed by atoms with Gasteiger partial charge in [0, 0.05) is 11.6 Å². The highest BCUT2D eigenvalue weighted by Crippen LogP contribution is 2.05. The number of hydrogen-bond donors (Lipinski definition) is 0. The van der Waals surface area contributed by atoms with E-state index in [9.17, 15) is 9.18 Å². The van der Waals surface area contributed by atoms with Crippen molar-refractivity contribution < 1.29 is 35.5 Å². The molecule has 19 heavy (non-hydrogen) atoms. The van der Waals surface area contributed by atoms with Crippen LogP contribution in [0, 0.1) is 5.82 Å². The van der Waals surface area contributed by atoms with Crippen LogP contribution in [0.1, 0.15) is 15.9 Å². The monoisotopic (exact) mass is 325 g/mol. The minimum Gasteiger partial charge on any atom is -1.00 e. The molecular weight excluding hydrogens is 313 g/mol. The van der Waals surface area contributed by atoms with Crippen molar-refractivity contribution in [2.45, 2.75) is 6.54 Å². The van der Waals surface area contributed by atoms with E-state index in [2.05, 4.69) is 4.74 Å². The highest BCUT2D eigenvalue weighted by Gasteiger charge is 2.16. The summed E-state index contributed by atoms with van der Waals surface area (Å²) in [6.07, 6.45) is 2.95. The Kier molecular flexibility index (Phi) is 5.63. The predicted octanol–water partition coefficient (Wildman–Crippen LogP) is -1.05. The van der Waals surface area contributed by atoms with E-state index in [1.165, 1.54) is 19.4 Å². The van der Waals surface area contributed by atoms with Crippen molar-refractivity contribution in [2.75, 3.05) is 7.11 Å². The lowest BCUT2D eigenvalue weighted by molar-refractivity contribution is -0.689. The zero-order chi connectivity index (χ0) is 13.0. The molecule has 0 aliphatic rings. The van der Waals surface area contributed by atoms with Crippen LogP contribution in [0.15, 0.2) is 48.8 Å². The van der Waals surface area contributed by atoms with Gasteiger partial charge in [0.15, 0.2) is 12.7 Å². The predicted molar refractivity (Wildman–Crippen MR) is 63.5 cm³/mol. The van der Waals surface area contributed by atoms with Gasteiger partial charge in [-0.3, -0.25) is 0 Å². The summed E-state index contributed by atoms with van der Waals surface area (Å²) >= 11 is 0. The number of pyridine rings is 1. The second-order valence-corrected chi connectivity index (χ2v) is 3.86. The van der Waals surface area contributed by atoms with Crippen LogP contribution < -0.4 is 21.5 Å². The zero-order valence-corrected chi connectivity index (χ0v) is 11.9. The Hall–Kier alpha value is -1.75. The number of hydrogen-bond acceptors (Lipinski definition) is 2. The number of rotatable bonds is 3. The van der Waals surface area contributed by atoms with Crippen LogP contribution in [0.4, 0.5) is 4.39 Å². The van der Waals surface area contributed by atoms with Crippen molar-refractivity contribution in [3.63, 3.8) is 0 Å². The number of halogens is 2. The molecule has 0 fully saturated rings. The molecule has 0 unspecified atom stereocenters. The summed E-state index contributed by atoms with van der Waals surface area (Å²) in [6.45, 7) is 0.555. The summed E-state index contributed by atoms with van der Waals surface area (Å²) in [6, 6.07) is 11.1. The molecule has 2 rings (SSSR count). The molecule has 0 amide bonds. The van der Waals surface area contributed by atoms with Gasteiger partial charge in [-0.25, -0.2) is 4.79 Å². The van der Waals surface area contributed by atoms with Crippen LogP contribution >= 0.6 is 0 Å². The van der Waals surface area contributed by atoms with Gasteiger partial charge in [0.2, 0.25) is 12.0 Å². The maximum Gasteiger partial charge on any atom is 0.341 e. The molecule has 0 N–H and O–H groups in total. The molecule has 1 heterocycles. The van der Waals surface area contributed by atoms with Crippen LogP contribution in [0.2, 0.25) is 0 Å². The lowest BCUT2D eigenvalue weighted by atomic mass is 10.2. The lowest BCUT2D eigenvalue weighted by Crippen LogP contribution is -3.00. The summed E-state index contributed by atoms with van der Waals surface area (Å²) in [5.74, 6) is -1.25. The van der Waals surface area contributed by atoms with Gasteiger partial charge in [0.1, 0.15) is 5.56 Å². The van der Waals surface area contributed by atoms with E-state index in [1.807, 2.05) is 30.3 Å². The van der Waals surface area contributed by atoms with E-state index < -0.39 is 11.8 Å². The number of carbonyl (C=O) groups excluding carboxylic acids is 1. The number of esters is 1. The van der Waals surface area contributed by atoms with Crippen molar-refractivity contribution in [2.24, 2.45) is 0 Å². The molecule has 0 aliphatic carbocycles. The average Bonchev–Trinajstić information content (AvgIpc) is 2.39. The molecule has 1 aromatic heterocycles. The first kappa shape index (κ1) is 15.3. The quantitative estimate of drug-likeness (QED) is 0.532. The third kappa shape index (κ3) is 3.86. The topological polar surface area (TPSA) is 30.2 Å². The largest absolute Gasteiger partial charge is 1.00 e. The SMILES string of the molecule is COC(=O)c1cc[n+](Cc2ccccc2)cc1F.[Br-]. The second kappa shape index (κ2) is 6.99. The van der Waals surface area contributed by atoms with Crippen molar-refractivity contribution in [3.8, 4) is 0 Å². The summed E-state index contributed by atoms with van der Waals surface area (Å²) in [4.78, 5) is 11.2. The van der Waals surface area contributed by atoms with Gasteiger partial charge in [0.05, 0.1) is 7.11 Å². The maximum atomic E-state index is 13.7. The molecule has 5 heteroatoms. The van der Waals surface area contributed by atoms with Crippen molar-refractivity contribution in [1.82, 2.24) is 0 Å². The summed E-state index contributed by atoms with van der Waals surface area (Å²) in [5, 5.41) is 0. The minimum atomic E-state index is -0.667. The summed E-state index contributed by atoms with van der Waals surface area (Å²) in [7, 11) is 1.23. The normalized spacial score (nSPS) is 9.58. The third-order valence-corrected chi connectivity index (χ3v) is 2.58. The molecule has 3 nitrogen and oxygen atoms in total. The van der Waals surface area contributed by atoms with Gasteiger partial charge in [-0.05, 0) is 0 Å². The Morgan fingerprint density at radius 1 is 1.26 bits per heavy atom. The molecular formula is C14H13BrFNO2. The summed E-state index contributed by atoms with van der Waals surface area (Å²) in [5.41, 5.74) is 1.01. The summed E-state index contributed by atoms with van der Waals surface area (Å²) < 4.78 is 19.8. The van der Waals surface area contributed by atoms with Crippen LogP contribution in [0.3, 0.4) is 0 Å². The van der Waals surface area contributed by atoms with Crippen molar-refractivity contribution >= 4 is 5.97 Å². The number of methoxy groups -OCH3 is 1. The Morgan fingerprint density at radius 2 is 1.95 bits per heavy atom. The molecule has 100 valence electrons. The van der Waals surface area contributed by atoms with E-state index in [4.69, 9.17) is 0 Å². The fourth-order valence-corrected chi connectivity index (χ4v) is 1.68. The Balaban J connectivity index is 0.00000180. The van der Waals surface area contributed by atoms with Gasteiger partial charge in [-0.15, -0.1) is 0 Å². The smallest absolute Gasteiger partial charge is 0.341 e. The molecule has 0 spiro atoms. The Labute approximate surface area is 121 Å². The molecule has 0 bridgehead atoms. The van der Waals surface area contributed by atoms with E-state index in [-0.39, 0.29) is 22.5 Å². The number of ether oxygens (including phenoxy) is 1. The van der Waals surface area contributed by atoms with Gasteiger partial charge in [0.25, 0.3) is 0 Å². The van der Waals surface area contributed by atoms with Crippen LogP contribution in [-0.2, 0) is 11.3 Å². The average molecular weight is 326 g/mol. The zero-order valence-electron chi connectivity index (χ0n) is 10.3. The first-order valence-corrected chi connectivity index (χ1v) is 5.51. The van der Waals surface area contributed by atoms with Crippen LogP contribution in [0.25, 0.3) is 0 Å². The van der Waals surface area contributed by atoms with Gasteiger partial charge in [-0.2, -0.15) is 8.96 Å². The third-order valence-electron chi connectivity index (χ3n) is 2.58. The highest BCUT2D eigenvalue weighted by atomic mass is 79.9. The molecule has 0 saturated heterocycles. The van der Waals surface area contributed by atoms with Crippen LogP contribution in [0.5, 0.6) is 0 Å². The highest BCUT2D eigenvalue weighted by molar-refractivity contribution is 5.89.